The van der Waals surface area contributed by atoms with Gasteiger partial charge in [-0.25, -0.2) is 4.98 Å². The van der Waals surface area contributed by atoms with Crippen LogP contribution in [0.4, 0.5) is 17.5 Å². The van der Waals surface area contributed by atoms with E-state index in [0.29, 0.717) is 5.95 Å². The van der Waals surface area contributed by atoms with Gasteiger partial charge in [0.2, 0.25) is 5.95 Å². The van der Waals surface area contributed by atoms with E-state index in [4.69, 9.17) is 0 Å². The number of benzene rings is 1. The average Bonchev–Trinajstić information content (AvgIpc) is 2.47. The number of unbranched alkanes of at least 4 members (excludes halogenated alkanes) is 1. The Kier molecular flexibility index (Phi) is 5.35. The van der Waals surface area contributed by atoms with E-state index in [-0.39, 0.29) is 0 Å². The smallest absolute Gasteiger partial charge is 0.229 e. The molecule has 0 unspecified atom stereocenters. The molecule has 106 valence electrons. The molecule has 5 heteroatoms. The van der Waals surface area contributed by atoms with Crippen molar-refractivity contribution in [3.05, 3.63) is 41.0 Å². The van der Waals surface area contributed by atoms with Gasteiger partial charge < -0.3 is 10.2 Å². The van der Waals surface area contributed by atoms with Crippen LogP contribution in [0, 0.1) is 0 Å². The van der Waals surface area contributed by atoms with Crippen molar-refractivity contribution in [2.75, 3.05) is 23.8 Å². The molecule has 2 aromatic rings. The predicted molar refractivity (Wildman–Crippen MR) is 87.6 cm³/mol. The van der Waals surface area contributed by atoms with E-state index in [1.54, 1.807) is 6.20 Å². The minimum absolute atomic E-state index is 0.609. The highest BCUT2D eigenvalue weighted by molar-refractivity contribution is 9.10. The van der Waals surface area contributed by atoms with E-state index >= 15 is 0 Å². The predicted octanol–water partition coefficient (Wildman–Crippen LogP) is 4.22. The van der Waals surface area contributed by atoms with Gasteiger partial charge in [0.1, 0.15) is 5.82 Å². The summed E-state index contributed by atoms with van der Waals surface area (Å²) in [7, 11) is 2.06. The van der Waals surface area contributed by atoms with E-state index < -0.39 is 0 Å². The Morgan fingerprint density at radius 3 is 2.80 bits per heavy atom. The second kappa shape index (κ2) is 7.24. The maximum atomic E-state index is 4.54. The Hall–Kier alpha value is -1.62. The van der Waals surface area contributed by atoms with Crippen LogP contribution in [0.15, 0.2) is 41.0 Å². The van der Waals surface area contributed by atoms with E-state index in [1.165, 1.54) is 6.42 Å². The second-order valence-electron chi connectivity index (χ2n) is 4.62. The lowest BCUT2D eigenvalue weighted by Gasteiger charge is -2.18. The minimum Gasteiger partial charge on any atom is -0.360 e. The van der Waals surface area contributed by atoms with E-state index in [9.17, 15) is 0 Å². The number of anilines is 3. The molecule has 0 spiro atoms. The van der Waals surface area contributed by atoms with Crippen LogP contribution >= 0.6 is 15.9 Å². The van der Waals surface area contributed by atoms with Gasteiger partial charge in [-0.15, -0.1) is 0 Å². The first-order valence-electron chi connectivity index (χ1n) is 6.76. The summed E-state index contributed by atoms with van der Waals surface area (Å²) in [4.78, 5) is 11.0. The molecule has 0 aliphatic heterocycles. The number of halogens is 1. The van der Waals surface area contributed by atoms with E-state index in [0.717, 1.165) is 28.9 Å². The molecule has 0 amide bonds. The summed E-state index contributed by atoms with van der Waals surface area (Å²) in [6.45, 7) is 3.19. The number of nitrogens with one attached hydrogen (secondary N) is 1. The second-order valence-corrected chi connectivity index (χ2v) is 5.47. The fourth-order valence-electron chi connectivity index (χ4n) is 1.81. The van der Waals surface area contributed by atoms with Crippen LogP contribution in [0.3, 0.4) is 0 Å². The van der Waals surface area contributed by atoms with Gasteiger partial charge in [-0.3, -0.25) is 0 Å². The molecule has 4 nitrogen and oxygen atoms in total. The summed E-state index contributed by atoms with van der Waals surface area (Å²) in [5, 5.41) is 3.23. The maximum Gasteiger partial charge on any atom is 0.229 e. The highest BCUT2D eigenvalue weighted by Gasteiger charge is 2.05. The Labute approximate surface area is 128 Å². The SMILES string of the molecule is CCCCN(C)c1ccnc(Nc2ccccc2Br)n1. The highest BCUT2D eigenvalue weighted by atomic mass is 79.9. The summed E-state index contributed by atoms with van der Waals surface area (Å²) in [5.74, 6) is 1.54. The van der Waals surface area contributed by atoms with Crippen LogP contribution < -0.4 is 10.2 Å². The minimum atomic E-state index is 0.609. The van der Waals surface area contributed by atoms with Crippen LogP contribution in [-0.2, 0) is 0 Å². The molecule has 0 saturated heterocycles. The first-order chi connectivity index (χ1) is 9.70. The van der Waals surface area contributed by atoms with Gasteiger partial charge in [-0.2, -0.15) is 4.98 Å². The Morgan fingerprint density at radius 1 is 1.25 bits per heavy atom. The van der Waals surface area contributed by atoms with Gasteiger partial charge in [0.25, 0.3) is 0 Å². The number of hydrogen-bond acceptors (Lipinski definition) is 4. The first kappa shape index (κ1) is 14.8. The van der Waals surface area contributed by atoms with Gasteiger partial charge in [0.05, 0.1) is 5.69 Å². The zero-order valence-corrected chi connectivity index (χ0v) is 13.4. The zero-order chi connectivity index (χ0) is 14.4. The lowest BCUT2D eigenvalue weighted by molar-refractivity contribution is 0.759. The molecule has 0 radical (unpaired) electrons. The van der Waals surface area contributed by atoms with E-state index in [1.807, 2.05) is 30.3 Å². The van der Waals surface area contributed by atoms with Crippen LogP contribution in [0.2, 0.25) is 0 Å². The van der Waals surface area contributed by atoms with Crippen LogP contribution in [-0.4, -0.2) is 23.6 Å². The fourth-order valence-corrected chi connectivity index (χ4v) is 2.20. The van der Waals surface area contributed by atoms with Gasteiger partial charge in [0.15, 0.2) is 0 Å². The molecular weight excluding hydrogens is 316 g/mol. The van der Waals surface area contributed by atoms with Gasteiger partial charge in [-0.1, -0.05) is 25.5 Å². The largest absolute Gasteiger partial charge is 0.360 e. The number of nitrogens with zero attached hydrogens (tertiary/aromatic N) is 3. The number of hydrogen-bond donors (Lipinski definition) is 1. The Balaban J connectivity index is 2.12. The summed E-state index contributed by atoms with van der Waals surface area (Å²) in [6.07, 6.45) is 4.12. The van der Waals surface area contributed by atoms with Crippen LogP contribution in [0.5, 0.6) is 0 Å². The summed E-state index contributed by atoms with van der Waals surface area (Å²) in [6, 6.07) is 9.86. The molecule has 0 fully saturated rings. The third-order valence-electron chi connectivity index (χ3n) is 3.00. The van der Waals surface area contributed by atoms with Gasteiger partial charge in [-0.05, 0) is 40.5 Å². The lowest BCUT2D eigenvalue weighted by atomic mass is 10.3. The average molecular weight is 335 g/mol. The number of para-hydroxylation sites is 1. The normalized spacial score (nSPS) is 10.3. The topological polar surface area (TPSA) is 41.1 Å². The third-order valence-corrected chi connectivity index (χ3v) is 3.69. The first-order valence-corrected chi connectivity index (χ1v) is 7.55. The molecule has 20 heavy (non-hydrogen) atoms. The van der Waals surface area contributed by atoms with Gasteiger partial charge in [0, 0.05) is 24.3 Å². The third kappa shape index (κ3) is 3.93. The molecule has 0 atom stereocenters. The zero-order valence-electron chi connectivity index (χ0n) is 11.8. The summed E-state index contributed by atoms with van der Waals surface area (Å²) >= 11 is 3.51. The number of aromatic nitrogens is 2. The molecule has 1 aromatic carbocycles. The van der Waals surface area contributed by atoms with Crippen molar-refractivity contribution < 1.29 is 0 Å². The number of rotatable bonds is 6. The van der Waals surface area contributed by atoms with Crippen molar-refractivity contribution >= 4 is 33.4 Å². The molecule has 1 heterocycles. The molecule has 1 aromatic heterocycles. The standard InChI is InChI=1S/C15H19BrN4/c1-3-4-11-20(2)14-9-10-17-15(19-14)18-13-8-6-5-7-12(13)16/h5-10H,3-4,11H2,1-2H3,(H,17,18,19). The van der Waals surface area contributed by atoms with E-state index in [2.05, 4.69) is 50.1 Å². The fraction of sp³-hybridized carbons (Fsp3) is 0.333. The summed E-state index contributed by atoms with van der Waals surface area (Å²) in [5.41, 5.74) is 0.959. The highest BCUT2D eigenvalue weighted by Crippen LogP contribution is 2.24. The molecule has 0 aliphatic carbocycles. The summed E-state index contributed by atoms with van der Waals surface area (Å²) < 4.78 is 0.994. The van der Waals surface area contributed by atoms with Crippen LogP contribution in [0.1, 0.15) is 19.8 Å². The lowest BCUT2D eigenvalue weighted by Crippen LogP contribution is -2.20. The van der Waals surface area contributed by atoms with Crippen molar-refractivity contribution in [3.8, 4) is 0 Å². The van der Waals surface area contributed by atoms with Crippen molar-refractivity contribution in [2.45, 2.75) is 19.8 Å². The molecule has 1 N–H and O–H groups in total. The maximum absolute atomic E-state index is 4.54. The van der Waals surface area contributed by atoms with Crippen molar-refractivity contribution in [2.24, 2.45) is 0 Å². The monoisotopic (exact) mass is 334 g/mol. The Bertz CT molecular complexity index is 559. The van der Waals surface area contributed by atoms with Crippen molar-refractivity contribution in [1.29, 1.82) is 0 Å². The van der Waals surface area contributed by atoms with Crippen molar-refractivity contribution in [1.82, 2.24) is 9.97 Å². The molecule has 2 rings (SSSR count). The van der Waals surface area contributed by atoms with Crippen LogP contribution in [0.25, 0.3) is 0 Å². The van der Waals surface area contributed by atoms with Gasteiger partial charge >= 0.3 is 0 Å². The molecule has 0 bridgehead atoms. The Morgan fingerprint density at radius 2 is 2.05 bits per heavy atom. The molecular formula is C15H19BrN4. The molecule has 0 aliphatic rings. The quantitative estimate of drug-likeness (QED) is 0.858. The van der Waals surface area contributed by atoms with Crippen molar-refractivity contribution in [3.63, 3.8) is 0 Å². The molecule has 0 saturated carbocycles.